The summed E-state index contributed by atoms with van der Waals surface area (Å²) in [5.74, 6) is 0.833. The molecule has 0 aromatic carbocycles. The van der Waals surface area contributed by atoms with Crippen molar-refractivity contribution >= 4 is 36.9 Å². The Kier molecular flexibility index (Phi) is 27.9. The monoisotopic (exact) mass is 296 g/mol. The van der Waals surface area contributed by atoms with Gasteiger partial charge in [-0.25, -0.2) is 0 Å². The second kappa shape index (κ2) is 16.3. The minimum atomic E-state index is -0.000000000000000111. The van der Waals surface area contributed by atoms with Crippen molar-refractivity contribution in [1.29, 1.82) is 0 Å². The Morgan fingerprint density at radius 3 is 1.50 bits per heavy atom. The summed E-state index contributed by atoms with van der Waals surface area (Å²) < 4.78 is 4.67. The van der Waals surface area contributed by atoms with Crippen molar-refractivity contribution in [1.82, 2.24) is 0 Å². The van der Waals surface area contributed by atoms with Gasteiger partial charge in [0, 0.05) is 0 Å². The zero-order chi connectivity index (χ0) is 5.41. The Balaban J connectivity index is 0. The molecule has 0 atom stereocenters. The third-order valence-corrected chi connectivity index (χ3v) is 0. The Bertz CT molecular complexity index is 9.51. The van der Waals surface area contributed by atoms with Crippen LogP contribution in [0.25, 0.3) is 0 Å². The van der Waals surface area contributed by atoms with Gasteiger partial charge in [0.1, 0.15) is 0 Å². The van der Waals surface area contributed by atoms with Gasteiger partial charge in [-0.3, -0.25) is 0 Å². The van der Waals surface area contributed by atoms with Crippen molar-refractivity contribution in [2.45, 2.75) is 15.9 Å². The molecule has 0 aliphatic heterocycles. The van der Waals surface area contributed by atoms with E-state index in [0.717, 1.165) is 5.75 Å². The van der Waals surface area contributed by atoms with Crippen molar-refractivity contribution in [2.75, 3.05) is 5.75 Å². The molecule has 0 fully saturated rings. The third kappa shape index (κ3) is 59.5. The summed E-state index contributed by atoms with van der Waals surface area (Å²) in [6.07, 6.45) is 0. The van der Waals surface area contributed by atoms with Gasteiger partial charge < -0.3 is 12.6 Å². The summed E-state index contributed by atoms with van der Waals surface area (Å²) in [7, 11) is 0. The van der Waals surface area contributed by atoms with E-state index in [-0.39, 0.29) is 24.2 Å². The molecule has 0 saturated carbocycles. The zero-order valence-electron chi connectivity index (χ0n) is 4.69. The van der Waals surface area contributed by atoms with E-state index in [4.69, 9.17) is 0 Å². The normalized spacial score (nSPS) is 4.67. The van der Waals surface area contributed by atoms with Crippen LogP contribution in [-0.2, 0) is 12.6 Å². The summed E-state index contributed by atoms with van der Waals surface area (Å²) in [6.45, 7) is 1.94. The molecule has 0 aromatic rings. The molecule has 0 aromatic heterocycles. The van der Waals surface area contributed by atoms with Crippen LogP contribution >= 0.6 is 0 Å². The molecular weight excluding hydrogens is 284 g/mol. The van der Waals surface area contributed by atoms with Crippen molar-refractivity contribution < 1.29 is 0 Å². The van der Waals surface area contributed by atoms with Crippen molar-refractivity contribution in [3.05, 3.63) is 0 Å². The van der Waals surface area contributed by atoms with E-state index in [1.54, 1.807) is 0 Å². The maximum atomic E-state index is 4.39. The molecule has 37 valence electrons. The Morgan fingerprint density at radius 2 is 1.50 bits per heavy atom. The van der Waals surface area contributed by atoms with E-state index in [1.807, 2.05) is 6.92 Å². The molecule has 6 heavy (non-hydrogen) atoms. The van der Waals surface area contributed by atoms with E-state index < -0.39 is 0 Å². The summed E-state index contributed by atoms with van der Waals surface area (Å²) in [5, 5.41) is 0. The maximum absolute atomic E-state index is 4.39. The number of hydrogen-bond donors (Lipinski definition) is 0. The average molecular weight is 296 g/mol. The second-order valence-corrected chi connectivity index (χ2v) is 5.93. The summed E-state index contributed by atoms with van der Waals surface area (Å²) in [4.78, 5) is 0. The van der Waals surface area contributed by atoms with Crippen LogP contribution in [0.3, 0.4) is 0 Å². The van der Waals surface area contributed by atoms with Crippen molar-refractivity contribution in [3.8, 4) is 0 Å². The topological polar surface area (TPSA) is 0 Å². The molecule has 0 amide bonds. The van der Waals surface area contributed by atoms with Crippen LogP contribution < -0.4 is 0 Å². The van der Waals surface area contributed by atoms with E-state index in [1.165, 1.54) is 0 Å². The standard InChI is InChI=1S/C2H6S.2CH3.Tl/c1-2-3;;;/h3H,2H2,1H3;2*1H3;/p-1. The fourth-order valence-electron chi connectivity index (χ4n) is 0. The average Bonchev–Trinajstić information content (AvgIpc) is 1.39. The first-order chi connectivity index (χ1) is 2.83. The van der Waals surface area contributed by atoms with Gasteiger partial charge in [0.05, 0.1) is 0 Å². The first-order valence-corrected chi connectivity index (χ1v) is 11.7. The summed E-state index contributed by atoms with van der Waals surface area (Å²) in [5.41, 5.74) is 0. The van der Waals surface area contributed by atoms with Gasteiger partial charge >= 0.3 is 33.2 Å². The molecular formula is C4H11STl-. The Hall–Kier alpha value is 1.27. The van der Waals surface area contributed by atoms with E-state index in [9.17, 15) is 0 Å². The molecule has 0 rings (SSSR count). The predicted octanol–water partition coefficient (Wildman–Crippen LogP) is 1.34. The van der Waals surface area contributed by atoms with Gasteiger partial charge in [-0.15, -0.1) is 0 Å². The Labute approximate surface area is 58.3 Å². The SMILES string of the molecule is CC[S-].[CH3][Tl][CH3]. The molecule has 0 N–H and O–H groups in total. The molecule has 0 heterocycles. The first-order valence-electron chi connectivity index (χ1n) is 2.15. The molecule has 0 spiro atoms. The summed E-state index contributed by atoms with van der Waals surface area (Å²) >= 11 is 4.39. The van der Waals surface area contributed by atoms with Crippen LogP contribution in [0.5, 0.6) is 0 Å². The van der Waals surface area contributed by atoms with Gasteiger partial charge in [-0.1, -0.05) is 6.92 Å². The molecule has 0 aliphatic rings. The molecule has 0 saturated heterocycles. The fraction of sp³-hybridized carbons (Fsp3) is 1.00. The van der Waals surface area contributed by atoms with Gasteiger partial charge in [0.2, 0.25) is 0 Å². The van der Waals surface area contributed by atoms with Crippen molar-refractivity contribution in [3.63, 3.8) is 0 Å². The van der Waals surface area contributed by atoms with E-state index >= 15 is 0 Å². The van der Waals surface area contributed by atoms with Crippen LogP contribution in [0.1, 0.15) is 6.92 Å². The predicted molar refractivity (Wildman–Crippen MR) is 35.4 cm³/mol. The molecule has 0 radical (unpaired) electrons. The number of rotatable bonds is 0. The van der Waals surface area contributed by atoms with Crippen molar-refractivity contribution in [2.24, 2.45) is 0 Å². The van der Waals surface area contributed by atoms with Gasteiger partial charge in [0.15, 0.2) is 0 Å². The molecule has 0 bridgehead atoms. The number of hydrogen-bond acceptors (Lipinski definition) is 1. The zero-order valence-corrected chi connectivity index (χ0v) is 10.00. The second-order valence-electron chi connectivity index (χ2n) is 0.866. The van der Waals surface area contributed by atoms with Crippen LogP contribution in [0.2, 0.25) is 8.97 Å². The van der Waals surface area contributed by atoms with Gasteiger partial charge in [0.25, 0.3) is 0 Å². The van der Waals surface area contributed by atoms with E-state index in [0.29, 0.717) is 0 Å². The molecule has 2 heteroatoms. The molecule has 0 nitrogen and oxygen atoms in total. The fourth-order valence-corrected chi connectivity index (χ4v) is 0. The van der Waals surface area contributed by atoms with Crippen LogP contribution in [0, 0.1) is 0 Å². The minimum absolute atomic E-state index is 0.000000000000000111. The van der Waals surface area contributed by atoms with Crippen LogP contribution in [0.4, 0.5) is 0 Å². The van der Waals surface area contributed by atoms with Crippen LogP contribution in [0.15, 0.2) is 0 Å². The first kappa shape index (κ1) is 10.3. The van der Waals surface area contributed by atoms with Crippen LogP contribution in [-0.4, -0.2) is 30.0 Å². The third-order valence-electron chi connectivity index (χ3n) is 0. The van der Waals surface area contributed by atoms with Gasteiger partial charge in [-0.05, 0) is 0 Å². The quantitative estimate of drug-likeness (QED) is 0.480. The molecule has 0 aliphatic carbocycles. The molecule has 0 unspecified atom stereocenters. The Morgan fingerprint density at radius 1 is 1.50 bits per heavy atom. The summed E-state index contributed by atoms with van der Waals surface area (Å²) in [6, 6.07) is 0. The van der Waals surface area contributed by atoms with E-state index in [2.05, 4.69) is 21.6 Å². The van der Waals surface area contributed by atoms with Gasteiger partial charge in [-0.2, -0.15) is 5.75 Å².